The Hall–Kier alpha value is -0.890. The van der Waals surface area contributed by atoms with Gasteiger partial charge in [-0.05, 0) is 57.5 Å². The van der Waals surface area contributed by atoms with Gasteiger partial charge < -0.3 is 19.6 Å². The molecular weight excluding hydrogens is 418 g/mol. The van der Waals surface area contributed by atoms with Gasteiger partial charge in [-0.25, -0.2) is 0 Å². The van der Waals surface area contributed by atoms with Crippen molar-refractivity contribution in [2.45, 2.75) is 84.1 Å². The lowest BCUT2D eigenvalue weighted by atomic mass is 10.1. The average Bonchev–Trinajstić information content (AvgIpc) is 3.58. The number of rotatable bonds is 20. The molecule has 1 saturated carbocycles. The van der Waals surface area contributed by atoms with Crippen molar-refractivity contribution >= 4 is 23.7 Å². The summed E-state index contributed by atoms with van der Waals surface area (Å²) in [5.74, 6) is 0.282. The number of carbonyl (C=O) groups is 2. The first kappa shape index (κ1) is 28.1. The number of hydrogen-bond donors (Lipinski definition) is 2. The highest BCUT2D eigenvalue weighted by molar-refractivity contribution is 6.13. The standard InChI is InChI=1S/C23H44ClN3O4/c1-20(2)19-25-22(29)9-5-3-7-13-26(14-8-4-6-10-23(30)31-24)15-16-27(17-18-28)21-11-12-21/h20-21,28H,3-19H2,1-2H3,(H,25,29). The number of amides is 1. The largest absolute Gasteiger partial charge is 0.395 e. The molecule has 182 valence electrons. The first-order valence-corrected chi connectivity index (χ1v) is 12.4. The molecule has 0 saturated heterocycles. The molecule has 0 spiro atoms. The molecule has 0 unspecified atom stereocenters. The SMILES string of the molecule is CC(C)CNC(=O)CCCCCN(CCCCCC(=O)OCl)CCN(CCO)C1CC1. The highest BCUT2D eigenvalue weighted by Crippen LogP contribution is 2.26. The fourth-order valence-electron chi connectivity index (χ4n) is 3.67. The summed E-state index contributed by atoms with van der Waals surface area (Å²) in [6.07, 6.45) is 9.34. The molecule has 0 aromatic heterocycles. The molecule has 0 heterocycles. The second kappa shape index (κ2) is 17.6. The van der Waals surface area contributed by atoms with E-state index in [-0.39, 0.29) is 18.5 Å². The van der Waals surface area contributed by atoms with E-state index in [2.05, 4.69) is 33.3 Å². The van der Waals surface area contributed by atoms with Gasteiger partial charge in [-0.1, -0.05) is 26.7 Å². The second-order valence-electron chi connectivity index (χ2n) is 9.10. The third-order valence-corrected chi connectivity index (χ3v) is 5.85. The molecule has 0 bridgehead atoms. The lowest BCUT2D eigenvalue weighted by Gasteiger charge is -2.27. The predicted molar refractivity (Wildman–Crippen MR) is 125 cm³/mol. The van der Waals surface area contributed by atoms with E-state index >= 15 is 0 Å². The van der Waals surface area contributed by atoms with Crippen LogP contribution in [0.15, 0.2) is 0 Å². The molecule has 0 aromatic rings. The third kappa shape index (κ3) is 15.5. The molecule has 31 heavy (non-hydrogen) atoms. The van der Waals surface area contributed by atoms with Gasteiger partial charge in [0.15, 0.2) is 0 Å². The molecule has 1 aliphatic rings. The predicted octanol–water partition coefficient (Wildman–Crippen LogP) is 3.34. The molecule has 2 N–H and O–H groups in total. The minimum atomic E-state index is -0.361. The van der Waals surface area contributed by atoms with Gasteiger partial charge in [0.1, 0.15) is 11.9 Å². The van der Waals surface area contributed by atoms with E-state index < -0.39 is 0 Å². The van der Waals surface area contributed by atoms with E-state index in [1.165, 1.54) is 12.8 Å². The zero-order valence-corrected chi connectivity index (χ0v) is 20.4. The highest BCUT2D eigenvalue weighted by Gasteiger charge is 2.28. The van der Waals surface area contributed by atoms with Gasteiger partial charge in [-0.3, -0.25) is 14.5 Å². The van der Waals surface area contributed by atoms with Crippen LogP contribution < -0.4 is 5.32 Å². The van der Waals surface area contributed by atoms with Crippen LogP contribution in [0.3, 0.4) is 0 Å². The topological polar surface area (TPSA) is 82.1 Å². The van der Waals surface area contributed by atoms with Gasteiger partial charge in [0.25, 0.3) is 0 Å². The van der Waals surface area contributed by atoms with Crippen molar-refractivity contribution in [3.63, 3.8) is 0 Å². The highest BCUT2D eigenvalue weighted by atomic mass is 35.5. The van der Waals surface area contributed by atoms with Crippen molar-refractivity contribution < 1.29 is 19.0 Å². The number of nitrogens with one attached hydrogen (secondary N) is 1. The zero-order chi connectivity index (χ0) is 22.9. The van der Waals surface area contributed by atoms with Crippen molar-refractivity contribution in [2.75, 3.05) is 45.9 Å². The van der Waals surface area contributed by atoms with Crippen molar-refractivity contribution in [3.8, 4) is 0 Å². The summed E-state index contributed by atoms with van der Waals surface area (Å²) in [5, 5.41) is 12.3. The summed E-state index contributed by atoms with van der Waals surface area (Å²) < 4.78 is 4.18. The summed E-state index contributed by atoms with van der Waals surface area (Å²) >= 11 is 5.07. The van der Waals surface area contributed by atoms with Crippen molar-refractivity contribution in [3.05, 3.63) is 0 Å². The Kier molecular flexibility index (Phi) is 16.0. The number of halogens is 1. The molecule has 0 radical (unpaired) electrons. The van der Waals surface area contributed by atoms with Crippen LogP contribution in [0.25, 0.3) is 0 Å². The van der Waals surface area contributed by atoms with Gasteiger partial charge in [-0.2, -0.15) is 0 Å². The molecule has 1 amide bonds. The molecule has 0 atom stereocenters. The van der Waals surface area contributed by atoms with Gasteiger partial charge >= 0.3 is 5.97 Å². The smallest absolute Gasteiger partial charge is 0.324 e. The minimum Gasteiger partial charge on any atom is -0.395 e. The lowest BCUT2D eigenvalue weighted by Crippen LogP contribution is -2.38. The zero-order valence-electron chi connectivity index (χ0n) is 19.6. The molecule has 8 heteroatoms. The monoisotopic (exact) mass is 461 g/mol. The Morgan fingerprint density at radius 3 is 2.16 bits per heavy atom. The number of hydrogen-bond acceptors (Lipinski definition) is 6. The second-order valence-corrected chi connectivity index (χ2v) is 9.26. The minimum absolute atomic E-state index is 0.158. The lowest BCUT2D eigenvalue weighted by molar-refractivity contribution is -0.134. The molecule has 0 aromatic carbocycles. The quantitative estimate of drug-likeness (QED) is 0.271. The normalized spacial score (nSPS) is 13.9. The van der Waals surface area contributed by atoms with E-state index in [0.29, 0.717) is 24.8 Å². The summed E-state index contributed by atoms with van der Waals surface area (Å²) in [6, 6.07) is 0.653. The van der Waals surface area contributed by atoms with Crippen LogP contribution in [0.1, 0.15) is 78.1 Å². The van der Waals surface area contributed by atoms with E-state index in [4.69, 9.17) is 11.9 Å². The fraction of sp³-hybridized carbons (Fsp3) is 0.913. The van der Waals surface area contributed by atoms with Crippen LogP contribution in [-0.4, -0.2) is 78.7 Å². The number of aliphatic hydroxyl groups excluding tert-OH is 1. The maximum absolute atomic E-state index is 11.8. The third-order valence-electron chi connectivity index (χ3n) is 5.68. The molecular formula is C23H44ClN3O4. The van der Waals surface area contributed by atoms with Gasteiger partial charge in [0.2, 0.25) is 5.91 Å². The summed E-state index contributed by atoms with van der Waals surface area (Å²) in [6.45, 7) is 9.93. The van der Waals surface area contributed by atoms with Crippen molar-refractivity contribution in [1.29, 1.82) is 0 Å². The average molecular weight is 462 g/mol. The maximum atomic E-state index is 11.8. The van der Waals surface area contributed by atoms with Crippen LogP contribution in [0.2, 0.25) is 0 Å². The molecule has 1 rings (SSSR count). The Morgan fingerprint density at radius 2 is 1.61 bits per heavy atom. The number of carbonyl (C=O) groups excluding carboxylic acids is 2. The Bertz CT molecular complexity index is 489. The van der Waals surface area contributed by atoms with Gasteiger partial charge in [0.05, 0.1) is 6.61 Å². The summed E-state index contributed by atoms with van der Waals surface area (Å²) in [4.78, 5) is 27.9. The number of aliphatic hydroxyl groups is 1. The van der Waals surface area contributed by atoms with Crippen LogP contribution in [0, 0.1) is 5.92 Å². The van der Waals surface area contributed by atoms with Crippen LogP contribution in [0.4, 0.5) is 0 Å². The van der Waals surface area contributed by atoms with Crippen LogP contribution >= 0.6 is 11.9 Å². The van der Waals surface area contributed by atoms with Gasteiger partial charge in [0, 0.05) is 45.1 Å². The fourth-order valence-corrected chi connectivity index (χ4v) is 3.75. The Balaban J connectivity index is 2.28. The Labute approximate surface area is 194 Å². The molecule has 0 aliphatic heterocycles. The van der Waals surface area contributed by atoms with E-state index in [1.807, 2.05) is 0 Å². The summed E-state index contributed by atoms with van der Waals surface area (Å²) in [5.41, 5.74) is 0. The molecule has 1 aliphatic carbocycles. The number of nitrogens with zero attached hydrogens (tertiary/aromatic N) is 2. The van der Waals surface area contributed by atoms with Crippen molar-refractivity contribution in [1.82, 2.24) is 15.1 Å². The summed E-state index contributed by atoms with van der Waals surface area (Å²) in [7, 11) is 0. The Morgan fingerprint density at radius 1 is 0.968 bits per heavy atom. The van der Waals surface area contributed by atoms with E-state index in [1.54, 1.807) is 0 Å². The van der Waals surface area contributed by atoms with E-state index in [0.717, 1.165) is 77.8 Å². The van der Waals surface area contributed by atoms with Crippen LogP contribution in [-0.2, 0) is 13.9 Å². The number of unbranched alkanes of at least 4 members (excludes halogenated alkanes) is 4. The van der Waals surface area contributed by atoms with Crippen molar-refractivity contribution in [2.24, 2.45) is 5.92 Å². The van der Waals surface area contributed by atoms with Crippen LogP contribution in [0.5, 0.6) is 0 Å². The molecule has 7 nitrogen and oxygen atoms in total. The first-order valence-electron chi connectivity index (χ1n) is 12.1. The van der Waals surface area contributed by atoms with E-state index in [9.17, 15) is 14.7 Å². The molecule has 1 fully saturated rings. The maximum Gasteiger partial charge on any atom is 0.324 e. The first-order chi connectivity index (χ1) is 15.0. The van der Waals surface area contributed by atoms with Gasteiger partial charge in [-0.15, -0.1) is 0 Å².